The maximum absolute atomic E-state index is 6.19. The van der Waals surface area contributed by atoms with Crippen LogP contribution in [-0.2, 0) is 0 Å². The molecule has 6 heteroatoms. The van der Waals surface area contributed by atoms with Crippen LogP contribution in [0.4, 0.5) is 5.69 Å². The summed E-state index contributed by atoms with van der Waals surface area (Å²) in [5.41, 5.74) is 14.1. The first-order valence-corrected chi connectivity index (χ1v) is 7.87. The van der Waals surface area contributed by atoms with Crippen LogP contribution in [0.15, 0.2) is 51.4 Å². The van der Waals surface area contributed by atoms with E-state index in [0.717, 1.165) is 26.9 Å². The van der Waals surface area contributed by atoms with Gasteiger partial charge in [0, 0.05) is 11.4 Å². The Balaban J connectivity index is 2.18. The number of thioether (sulfide) groups is 1. The number of hydrogen-bond acceptors (Lipinski definition) is 6. The average Bonchev–Trinajstić information content (AvgIpc) is 3.14. The summed E-state index contributed by atoms with van der Waals surface area (Å²) < 4.78 is 5.46. The lowest BCUT2D eigenvalue weighted by Gasteiger charge is -2.10. The number of hydrogen-bond donors (Lipinski definition) is 2. The van der Waals surface area contributed by atoms with Crippen molar-refractivity contribution in [2.45, 2.75) is 5.03 Å². The summed E-state index contributed by atoms with van der Waals surface area (Å²) in [6.45, 7) is 0. The Morgan fingerprint density at radius 2 is 2.20 bits per heavy atom. The molecule has 0 atom stereocenters. The van der Waals surface area contributed by atoms with E-state index in [1.807, 2.05) is 35.7 Å². The van der Waals surface area contributed by atoms with Crippen molar-refractivity contribution in [1.82, 2.24) is 4.98 Å². The molecule has 0 amide bonds. The van der Waals surface area contributed by atoms with Gasteiger partial charge in [0.05, 0.1) is 22.5 Å². The second-order valence-electron chi connectivity index (χ2n) is 4.04. The molecule has 0 aromatic carbocycles. The van der Waals surface area contributed by atoms with Crippen LogP contribution in [0, 0.1) is 0 Å². The van der Waals surface area contributed by atoms with Crippen molar-refractivity contribution in [3.05, 3.63) is 42.0 Å². The van der Waals surface area contributed by atoms with E-state index < -0.39 is 0 Å². The van der Waals surface area contributed by atoms with E-state index in [-0.39, 0.29) is 0 Å². The quantitative estimate of drug-likeness (QED) is 0.568. The summed E-state index contributed by atoms with van der Waals surface area (Å²) in [6.07, 6.45) is 1.63. The zero-order chi connectivity index (χ0) is 13.9. The van der Waals surface area contributed by atoms with Gasteiger partial charge in [-0.2, -0.15) is 0 Å². The maximum Gasteiger partial charge on any atom is 0.136 e. The van der Waals surface area contributed by atoms with Crippen LogP contribution in [0.5, 0.6) is 0 Å². The fourth-order valence-corrected chi connectivity index (χ4v) is 3.18. The van der Waals surface area contributed by atoms with E-state index in [1.54, 1.807) is 17.6 Å². The molecule has 0 radical (unpaired) electrons. The van der Waals surface area contributed by atoms with Crippen LogP contribution in [0.25, 0.3) is 21.9 Å². The largest absolute Gasteiger partial charge is 0.464 e. The van der Waals surface area contributed by atoms with Crippen LogP contribution >= 0.6 is 23.1 Å². The summed E-state index contributed by atoms with van der Waals surface area (Å²) in [5, 5.41) is 2.76. The van der Waals surface area contributed by atoms with Gasteiger partial charge in [-0.25, -0.2) is 4.98 Å². The van der Waals surface area contributed by atoms with Crippen LogP contribution in [0.1, 0.15) is 0 Å². The van der Waals surface area contributed by atoms with Crippen LogP contribution in [0.3, 0.4) is 0 Å². The van der Waals surface area contributed by atoms with Gasteiger partial charge in [0.2, 0.25) is 0 Å². The Kier molecular flexibility index (Phi) is 3.77. The molecule has 0 spiro atoms. The number of pyridine rings is 1. The topological polar surface area (TPSA) is 78.1 Å². The molecule has 0 fully saturated rings. The fraction of sp³-hybridized carbons (Fsp3) is 0.0714. The molecular formula is C14H13N3OS2. The van der Waals surface area contributed by atoms with Gasteiger partial charge >= 0.3 is 0 Å². The van der Waals surface area contributed by atoms with E-state index in [1.165, 1.54) is 11.8 Å². The molecule has 0 saturated carbocycles. The summed E-state index contributed by atoms with van der Waals surface area (Å²) in [7, 11) is 0. The molecule has 3 aromatic rings. The van der Waals surface area contributed by atoms with Gasteiger partial charge in [0.25, 0.3) is 0 Å². The molecule has 4 N–H and O–H groups in total. The van der Waals surface area contributed by atoms with Crippen molar-refractivity contribution in [3.8, 4) is 21.9 Å². The highest BCUT2D eigenvalue weighted by molar-refractivity contribution is 7.99. The normalized spacial score (nSPS) is 10.8. The van der Waals surface area contributed by atoms with Crippen molar-refractivity contribution in [2.24, 2.45) is 5.73 Å². The minimum Gasteiger partial charge on any atom is -0.464 e. The Bertz CT molecular complexity index is 694. The summed E-state index contributed by atoms with van der Waals surface area (Å²) >= 11 is 3.07. The number of anilines is 1. The lowest BCUT2D eigenvalue weighted by atomic mass is 10.1. The Morgan fingerprint density at radius 3 is 2.85 bits per heavy atom. The van der Waals surface area contributed by atoms with Crippen molar-refractivity contribution < 1.29 is 4.42 Å². The number of furan rings is 1. The highest BCUT2D eigenvalue weighted by Gasteiger charge is 2.15. The second kappa shape index (κ2) is 5.70. The molecule has 0 aliphatic heterocycles. The van der Waals surface area contributed by atoms with E-state index in [0.29, 0.717) is 11.6 Å². The molecule has 0 bridgehead atoms. The van der Waals surface area contributed by atoms with Crippen molar-refractivity contribution >= 4 is 28.8 Å². The second-order valence-corrected chi connectivity index (χ2v) is 6.00. The van der Waals surface area contributed by atoms with Gasteiger partial charge in [-0.1, -0.05) is 17.8 Å². The van der Waals surface area contributed by atoms with Crippen molar-refractivity contribution in [2.75, 3.05) is 11.6 Å². The molecule has 102 valence electrons. The van der Waals surface area contributed by atoms with Gasteiger partial charge < -0.3 is 15.9 Å². The molecule has 0 saturated heterocycles. The van der Waals surface area contributed by atoms with Gasteiger partial charge in [0.1, 0.15) is 10.8 Å². The lowest BCUT2D eigenvalue weighted by molar-refractivity contribution is 0.582. The van der Waals surface area contributed by atoms with Gasteiger partial charge in [-0.15, -0.1) is 11.3 Å². The highest BCUT2D eigenvalue weighted by atomic mass is 32.2. The van der Waals surface area contributed by atoms with Crippen LogP contribution < -0.4 is 11.5 Å². The highest BCUT2D eigenvalue weighted by Crippen LogP contribution is 2.37. The molecule has 0 aliphatic rings. The minimum atomic E-state index is 0.433. The molecule has 3 rings (SSSR count). The molecule has 0 unspecified atom stereocenters. The predicted molar refractivity (Wildman–Crippen MR) is 84.6 cm³/mol. The van der Waals surface area contributed by atoms with E-state index >= 15 is 0 Å². The molecule has 4 nitrogen and oxygen atoms in total. The predicted octanol–water partition coefficient (Wildman–Crippen LogP) is 3.66. The lowest BCUT2D eigenvalue weighted by Crippen LogP contribution is -2.00. The van der Waals surface area contributed by atoms with Gasteiger partial charge in [0.15, 0.2) is 0 Å². The molecule has 3 aromatic heterocycles. The maximum atomic E-state index is 6.19. The zero-order valence-corrected chi connectivity index (χ0v) is 12.2. The van der Waals surface area contributed by atoms with Gasteiger partial charge in [-0.05, 0) is 29.6 Å². The van der Waals surface area contributed by atoms with Crippen LogP contribution in [0.2, 0.25) is 0 Å². The molecule has 20 heavy (non-hydrogen) atoms. The molecule has 0 aliphatic carbocycles. The Labute approximate surface area is 124 Å². The van der Waals surface area contributed by atoms with Crippen LogP contribution in [-0.4, -0.2) is 10.9 Å². The van der Waals surface area contributed by atoms with Crippen molar-refractivity contribution in [3.63, 3.8) is 0 Å². The summed E-state index contributed by atoms with van der Waals surface area (Å²) in [5.74, 6) is 1.17. The van der Waals surface area contributed by atoms with Crippen molar-refractivity contribution in [1.29, 1.82) is 0 Å². The summed E-state index contributed by atoms with van der Waals surface area (Å²) in [6, 6.07) is 9.73. The number of nitrogens with two attached hydrogens (primary N) is 2. The standard InChI is InChI=1S/C14H13N3OS2/c15-8-20-14-13(16)9(11-3-1-5-18-11)7-10(17-14)12-4-2-6-19-12/h1-7H,8,15-16H2. The average molecular weight is 303 g/mol. The third-order valence-corrected chi connectivity index (χ3v) is 4.45. The molecular weight excluding hydrogens is 290 g/mol. The zero-order valence-electron chi connectivity index (χ0n) is 10.6. The van der Waals surface area contributed by atoms with E-state index in [9.17, 15) is 0 Å². The monoisotopic (exact) mass is 303 g/mol. The van der Waals surface area contributed by atoms with E-state index in [4.69, 9.17) is 15.9 Å². The number of thiophene rings is 1. The Morgan fingerprint density at radius 1 is 1.30 bits per heavy atom. The number of aromatic nitrogens is 1. The number of nitrogen functional groups attached to an aromatic ring is 1. The minimum absolute atomic E-state index is 0.433. The first-order chi connectivity index (χ1) is 9.79. The first kappa shape index (κ1) is 13.2. The SMILES string of the molecule is NCSc1nc(-c2cccs2)cc(-c2ccco2)c1N. The molecule has 3 heterocycles. The van der Waals surface area contributed by atoms with E-state index in [2.05, 4.69) is 4.98 Å². The third kappa shape index (κ3) is 2.45. The van der Waals surface area contributed by atoms with Gasteiger partial charge in [-0.3, -0.25) is 0 Å². The number of rotatable bonds is 4. The smallest absolute Gasteiger partial charge is 0.136 e. The summed E-state index contributed by atoms with van der Waals surface area (Å²) in [4.78, 5) is 5.70. The first-order valence-electron chi connectivity index (χ1n) is 6.00. The fourth-order valence-electron chi connectivity index (χ4n) is 1.91. The third-order valence-electron chi connectivity index (χ3n) is 2.80. The Hall–Kier alpha value is -1.76. The number of nitrogens with zero attached hydrogens (tertiary/aromatic N) is 1.